The molecule has 0 spiro atoms. The van der Waals surface area contributed by atoms with Crippen LogP contribution in [0.5, 0.6) is 0 Å². The summed E-state index contributed by atoms with van der Waals surface area (Å²) in [6.45, 7) is 0. The summed E-state index contributed by atoms with van der Waals surface area (Å²) in [5.74, 6) is -0.720. The van der Waals surface area contributed by atoms with Gasteiger partial charge in [0.25, 0.3) is 5.56 Å². The van der Waals surface area contributed by atoms with E-state index in [2.05, 4.69) is 9.97 Å². The number of fused-ring (bicyclic) bond motifs is 1. The first-order valence-electron chi connectivity index (χ1n) is 6.33. The van der Waals surface area contributed by atoms with Crippen LogP contribution in [-0.4, -0.2) is 25.6 Å². The fourth-order valence-electron chi connectivity index (χ4n) is 2.15. The van der Waals surface area contributed by atoms with Crippen molar-refractivity contribution in [3.63, 3.8) is 0 Å². The Morgan fingerprint density at radius 2 is 2.05 bits per heavy atom. The second-order valence-corrected chi connectivity index (χ2v) is 5.13. The average molecular weight is 316 g/mol. The quantitative estimate of drug-likeness (QED) is 0.784. The molecule has 1 aromatic carbocycles. The molecule has 0 aliphatic heterocycles. The van der Waals surface area contributed by atoms with Crippen molar-refractivity contribution in [3.8, 4) is 11.4 Å². The summed E-state index contributed by atoms with van der Waals surface area (Å²) in [7, 11) is 1.60. The van der Waals surface area contributed by atoms with Gasteiger partial charge in [0.15, 0.2) is 0 Å². The van der Waals surface area contributed by atoms with Crippen LogP contribution in [0.3, 0.4) is 0 Å². The highest BCUT2D eigenvalue weighted by molar-refractivity contribution is 6.31. The predicted octanol–water partition coefficient (Wildman–Crippen LogP) is 2.35. The van der Waals surface area contributed by atoms with Crippen molar-refractivity contribution in [1.82, 2.24) is 14.5 Å². The van der Waals surface area contributed by atoms with Crippen LogP contribution >= 0.6 is 11.6 Å². The van der Waals surface area contributed by atoms with Crippen molar-refractivity contribution in [3.05, 3.63) is 57.6 Å². The van der Waals surface area contributed by atoms with E-state index in [4.69, 9.17) is 16.7 Å². The van der Waals surface area contributed by atoms with Gasteiger partial charge in [0.05, 0.1) is 10.9 Å². The summed E-state index contributed by atoms with van der Waals surface area (Å²) < 4.78 is 1.40. The lowest BCUT2D eigenvalue weighted by atomic mass is 10.2. The lowest BCUT2D eigenvalue weighted by molar-refractivity contribution is 0.0690. The Balaban J connectivity index is 2.24. The molecule has 0 aliphatic rings. The molecule has 0 saturated heterocycles. The van der Waals surface area contributed by atoms with Crippen LogP contribution in [0.25, 0.3) is 22.3 Å². The van der Waals surface area contributed by atoms with Crippen molar-refractivity contribution in [2.24, 2.45) is 7.05 Å². The Bertz CT molecular complexity index is 949. The number of aromatic carboxylic acids is 1. The van der Waals surface area contributed by atoms with Crippen LogP contribution in [0.4, 0.5) is 0 Å². The molecule has 0 fully saturated rings. The third kappa shape index (κ3) is 2.33. The highest BCUT2D eigenvalue weighted by Gasteiger charge is 2.12. The molecule has 0 radical (unpaired) electrons. The van der Waals surface area contributed by atoms with Gasteiger partial charge in [-0.3, -0.25) is 9.36 Å². The van der Waals surface area contributed by atoms with E-state index in [9.17, 15) is 9.59 Å². The SMILES string of the molecule is Cn1c(-c2ccc(C(=O)O)nc2)nc2cc(Cl)ccc2c1=O. The molecule has 0 saturated carbocycles. The van der Waals surface area contributed by atoms with E-state index in [0.717, 1.165) is 0 Å². The van der Waals surface area contributed by atoms with Gasteiger partial charge in [-0.25, -0.2) is 14.8 Å². The number of hydrogen-bond donors (Lipinski definition) is 1. The molecule has 3 rings (SSSR count). The highest BCUT2D eigenvalue weighted by Crippen LogP contribution is 2.20. The van der Waals surface area contributed by atoms with Crippen LogP contribution < -0.4 is 5.56 Å². The van der Waals surface area contributed by atoms with E-state index in [-0.39, 0.29) is 11.3 Å². The second kappa shape index (κ2) is 5.23. The van der Waals surface area contributed by atoms with Gasteiger partial charge in [-0.05, 0) is 30.3 Å². The number of hydrogen-bond acceptors (Lipinski definition) is 4. The fraction of sp³-hybridized carbons (Fsp3) is 0.0667. The number of benzene rings is 1. The van der Waals surface area contributed by atoms with Crippen LogP contribution in [0.1, 0.15) is 10.5 Å². The summed E-state index contributed by atoms with van der Waals surface area (Å²) in [6, 6.07) is 7.81. The van der Waals surface area contributed by atoms with Gasteiger partial charge < -0.3 is 5.11 Å². The normalized spacial score (nSPS) is 10.8. The molecule has 0 unspecified atom stereocenters. The Morgan fingerprint density at radius 1 is 1.27 bits per heavy atom. The topological polar surface area (TPSA) is 85.1 Å². The molecule has 6 nitrogen and oxygen atoms in total. The number of nitrogens with zero attached hydrogens (tertiary/aromatic N) is 3. The van der Waals surface area contributed by atoms with Crippen molar-refractivity contribution in [2.75, 3.05) is 0 Å². The van der Waals surface area contributed by atoms with Crippen molar-refractivity contribution in [1.29, 1.82) is 0 Å². The van der Waals surface area contributed by atoms with Gasteiger partial charge >= 0.3 is 5.97 Å². The molecule has 7 heteroatoms. The third-order valence-corrected chi connectivity index (χ3v) is 3.51. The number of rotatable bonds is 2. The molecule has 22 heavy (non-hydrogen) atoms. The standard InChI is InChI=1S/C15H10ClN3O3/c1-19-13(8-2-5-11(15(21)22)17-7-8)18-12-6-9(16)3-4-10(12)14(19)20/h2-7H,1H3,(H,21,22). The molecular formula is C15H10ClN3O3. The Kier molecular flexibility index (Phi) is 3.38. The van der Waals surface area contributed by atoms with E-state index in [0.29, 0.717) is 27.3 Å². The first-order chi connectivity index (χ1) is 10.5. The zero-order chi connectivity index (χ0) is 15.9. The third-order valence-electron chi connectivity index (χ3n) is 3.28. The minimum absolute atomic E-state index is 0.0717. The molecule has 0 amide bonds. The lowest BCUT2D eigenvalue weighted by Gasteiger charge is -2.09. The largest absolute Gasteiger partial charge is 0.477 e. The molecule has 1 N–H and O–H groups in total. The number of halogens is 1. The summed E-state index contributed by atoms with van der Waals surface area (Å²) in [5, 5.41) is 9.82. The highest BCUT2D eigenvalue weighted by atomic mass is 35.5. The van der Waals surface area contributed by atoms with E-state index < -0.39 is 5.97 Å². The van der Waals surface area contributed by atoms with E-state index in [1.54, 1.807) is 31.3 Å². The number of carboxylic acid groups (broad SMARTS) is 1. The molecule has 0 aliphatic carbocycles. The maximum atomic E-state index is 12.4. The zero-order valence-electron chi connectivity index (χ0n) is 11.4. The Morgan fingerprint density at radius 3 is 2.68 bits per heavy atom. The molecule has 110 valence electrons. The maximum absolute atomic E-state index is 12.4. The molecule has 2 heterocycles. The first kappa shape index (κ1) is 14.2. The van der Waals surface area contributed by atoms with Crippen molar-refractivity contribution < 1.29 is 9.90 Å². The Hall–Kier alpha value is -2.73. The zero-order valence-corrected chi connectivity index (χ0v) is 12.2. The second-order valence-electron chi connectivity index (χ2n) is 4.70. The molecule has 3 aromatic rings. The molecule has 2 aromatic heterocycles. The maximum Gasteiger partial charge on any atom is 0.354 e. The summed E-state index contributed by atoms with van der Waals surface area (Å²) in [6.07, 6.45) is 1.38. The van der Waals surface area contributed by atoms with Crippen molar-refractivity contribution in [2.45, 2.75) is 0 Å². The van der Waals surface area contributed by atoms with Gasteiger partial charge in [0, 0.05) is 23.8 Å². The monoisotopic (exact) mass is 315 g/mol. The fourth-order valence-corrected chi connectivity index (χ4v) is 2.32. The smallest absolute Gasteiger partial charge is 0.354 e. The van der Waals surface area contributed by atoms with Crippen LogP contribution in [0.2, 0.25) is 5.02 Å². The Labute approximate surface area is 129 Å². The minimum atomic E-state index is -1.11. The van der Waals surface area contributed by atoms with Crippen LogP contribution in [0.15, 0.2) is 41.3 Å². The number of pyridine rings is 1. The van der Waals surface area contributed by atoms with Gasteiger partial charge in [0.1, 0.15) is 11.5 Å². The van der Waals surface area contributed by atoms with Gasteiger partial charge in [-0.1, -0.05) is 11.6 Å². The average Bonchev–Trinajstić information content (AvgIpc) is 2.51. The number of aromatic nitrogens is 3. The minimum Gasteiger partial charge on any atom is -0.477 e. The first-order valence-corrected chi connectivity index (χ1v) is 6.71. The van der Waals surface area contributed by atoms with Gasteiger partial charge in [0.2, 0.25) is 0 Å². The summed E-state index contributed by atoms with van der Waals surface area (Å²) in [5.41, 5.74) is 0.746. The number of carboxylic acids is 1. The van der Waals surface area contributed by atoms with Crippen molar-refractivity contribution >= 4 is 28.5 Å². The molecular weight excluding hydrogens is 306 g/mol. The van der Waals surface area contributed by atoms with E-state index in [1.807, 2.05) is 0 Å². The molecule has 0 bridgehead atoms. The van der Waals surface area contributed by atoms with Gasteiger partial charge in [-0.2, -0.15) is 0 Å². The predicted molar refractivity (Wildman–Crippen MR) is 82.2 cm³/mol. The van der Waals surface area contributed by atoms with E-state index >= 15 is 0 Å². The summed E-state index contributed by atoms with van der Waals surface area (Å²) in [4.78, 5) is 31.5. The summed E-state index contributed by atoms with van der Waals surface area (Å²) >= 11 is 5.94. The number of carbonyl (C=O) groups is 1. The van der Waals surface area contributed by atoms with Crippen LogP contribution in [-0.2, 0) is 7.05 Å². The van der Waals surface area contributed by atoms with E-state index in [1.165, 1.54) is 16.8 Å². The van der Waals surface area contributed by atoms with Gasteiger partial charge in [-0.15, -0.1) is 0 Å². The molecule has 0 atom stereocenters. The lowest BCUT2D eigenvalue weighted by Crippen LogP contribution is -2.20. The van der Waals surface area contributed by atoms with Crippen LogP contribution in [0, 0.1) is 0 Å².